The van der Waals surface area contributed by atoms with Crippen LogP contribution in [0.3, 0.4) is 0 Å². The van der Waals surface area contributed by atoms with Crippen LogP contribution >= 0.6 is 22.6 Å². The molecule has 5 amide bonds. The highest BCUT2D eigenvalue weighted by Crippen LogP contribution is 2.41. The Balaban J connectivity index is 0.997. The van der Waals surface area contributed by atoms with Crippen molar-refractivity contribution < 1.29 is 55.7 Å². The average molecular weight is 1300 g/mol. The summed E-state index contributed by atoms with van der Waals surface area (Å²) >= 11 is 2.17. The van der Waals surface area contributed by atoms with Crippen LogP contribution in [0.2, 0.25) is 0 Å². The Bertz CT molecular complexity index is 2980. The van der Waals surface area contributed by atoms with E-state index in [4.69, 9.17) is 14.2 Å². The van der Waals surface area contributed by atoms with Crippen LogP contribution in [-0.4, -0.2) is 142 Å². The quantitative estimate of drug-likeness (QED) is 0.0300. The largest absolute Gasteiger partial charge is 0.377 e. The third kappa shape index (κ3) is 13.8. The normalized spacial score (nSPS) is 23.4. The first-order chi connectivity index (χ1) is 40.8. The molecule has 85 heavy (non-hydrogen) atoms. The monoisotopic (exact) mass is 1300 g/mol. The summed E-state index contributed by atoms with van der Waals surface area (Å²) in [7, 11) is 4.56. The summed E-state index contributed by atoms with van der Waals surface area (Å²) in [6.45, 7) is 1.62. The molecule has 0 saturated heterocycles. The maximum Gasteiger partial charge on any atom is 0.277 e. The predicted molar refractivity (Wildman–Crippen MR) is 302 cm³/mol. The number of carbonyl (C=O) groups is 5. The second-order valence-electron chi connectivity index (χ2n) is 22.2. The number of amides is 5. The number of ether oxygens (including phenoxy) is 3. The van der Waals surface area contributed by atoms with Crippen molar-refractivity contribution in [3.63, 3.8) is 0 Å². The van der Waals surface area contributed by atoms with Gasteiger partial charge < -0.3 is 19.5 Å². The Labute approximate surface area is 502 Å². The summed E-state index contributed by atoms with van der Waals surface area (Å²) in [5.41, 5.74) is -12.7. The Morgan fingerprint density at radius 2 is 0.824 bits per heavy atom. The maximum absolute atomic E-state index is 18.7. The SMILES string of the molecule is Cn1nnc2c1CCCCCC2(F)C(=O)NC(NC(=O)C1(F)CCCCCc2c1nnn2C)(NC(=O)C1(F)CCCCCc2c1nnn2C)NC(=O)C1(F)CCCCCc2c1nnn2CCOCCOCCOCCNC(=O)c1ccc([125I])cc1. The number of aryl methyl sites for hydroxylation is 3. The molecule has 9 rings (SSSR count). The number of hydrogen-bond donors (Lipinski definition) is 5. The van der Waals surface area contributed by atoms with Gasteiger partial charge >= 0.3 is 0 Å². The molecule has 1 aromatic carbocycles. The number of carbonyl (C=O) groups excluding carboxylic acids is 5. The molecule has 4 atom stereocenters. The molecule has 0 bridgehead atoms. The lowest BCUT2D eigenvalue weighted by Crippen LogP contribution is -2.82. The molecule has 0 radical (unpaired) electrons. The van der Waals surface area contributed by atoms with E-state index in [2.05, 4.69) is 90.4 Å². The van der Waals surface area contributed by atoms with E-state index in [1.165, 1.54) is 39.9 Å². The zero-order valence-electron chi connectivity index (χ0n) is 48.1. The molecule has 4 aliphatic rings. The molecule has 4 heterocycles. The van der Waals surface area contributed by atoms with Gasteiger partial charge in [-0.05, 0) is 150 Å². The minimum Gasteiger partial charge on any atom is -0.377 e. The summed E-state index contributed by atoms with van der Waals surface area (Å²) in [4.78, 5) is 73.7. The van der Waals surface area contributed by atoms with Gasteiger partial charge in [-0.1, -0.05) is 46.5 Å². The highest BCUT2D eigenvalue weighted by atomic mass is 125. The summed E-state index contributed by atoms with van der Waals surface area (Å²) in [6, 6.07) is 7.20. The number of nitrogens with zero attached hydrogens (tertiary/aromatic N) is 12. The average Bonchev–Trinajstić information content (AvgIpc) is 1.98. The third-order valence-corrected chi connectivity index (χ3v) is 17.1. The molecule has 462 valence electrons. The van der Waals surface area contributed by atoms with E-state index < -0.39 is 101 Å². The van der Waals surface area contributed by atoms with Crippen molar-refractivity contribution in [2.75, 3.05) is 46.2 Å². The van der Waals surface area contributed by atoms with Gasteiger partial charge in [0.2, 0.25) is 22.7 Å². The van der Waals surface area contributed by atoms with Gasteiger partial charge in [0.15, 0.2) is 0 Å². The van der Waals surface area contributed by atoms with Crippen LogP contribution in [0.25, 0.3) is 0 Å². The van der Waals surface area contributed by atoms with Crippen molar-refractivity contribution >= 4 is 52.1 Å². The Hall–Kier alpha value is -6.54. The fourth-order valence-corrected chi connectivity index (χ4v) is 11.9. The Morgan fingerprint density at radius 3 is 1.22 bits per heavy atom. The second-order valence-corrected chi connectivity index (χ2v) is 23.5. The summed E-state index contributed by atoms with van der Waals surface area (Å²) in [5.74, 6) is -10.2. The van der Waals surface area contributed by atoms with Crippen molar-refractivity contribution in [1.29, 1.82) is 0 Å². The first kappa shape index (κ1) is 63.0. The van der Waals surface area contributed by atoms with Gasteiger partial charge in [0.05, 0.1) is 69.0 Å². The molecular weight excluding hydrogens is 1230 g/mol. The molecule has 0 saturated carbocycles. The zero-order valence-corrected chi connectivity index (χ0v) is 50.3. The molecule has 4 unspecified atom stereocenters. The fourth-order valence-electron chi connectivity index (χ4n) is 11.6. The van der Waals surface area contributed by atoms with Gasteiger partial charge in [-0.3, -0.25) is 59.3 Å². The molecule has 5 aromatic rings. The van der Waals surface area contributed by atoms with Crippen LogP contribution in [0.4, 0.5) is 17.6 Å². The lowest BCUT2D eigenvalue weighted by Gasteiger charge is -2.42. The van der Waals surface area contributed by atoms with Gasteiger partial charge in [0, 0.05) is 36.8 Å². The predicted octanol–water partition coefficient (Wildman–Crippen LogP) is 4.05. The maximum atomic E-state index is 18.7. The number of alkyl halides is 4. The fraction of sp³-hybridized carbons (Fsp3) is 0.655. The third-order valence-electron chi connectivity index (χ3n) is 16.4. The van der Waals surface area contributed by atoms with Crippen LogP contribution in [0.1, 0.15) is 159 Å². The lowest BCUT2D eigenvalue weighted by molar-refractivity contribution is -0.152. The van der Waals surface area contributed by atoms with Gasteiger partial charge in [-0.2, -0.15) is 0 Å². The van der Waals surface area contributed by atoms with Crippen LogP contribution in [-0.2, 0) is 109 Å². The van der Waals surface area contributed by atoms with Gasteiger partial charge in [0.1, 0.15) is 22.8 Å². The minimum atomic E-state index is -3.46. The molecule has 0 spiro atoms. The number of halogens is 5. The topological polar surface area (TPSA) is 296 Å². The lowest BCUT2D eigenvalue weighted by atomic mass is 9.86. The summed E-state index contributed by atoms with van der Waals surface area (Å²) < 4.78 is 96.9. The van der Waals surface area contributed by atoms with E-state index in [1.807, 2.05) is 12.1 Å². The smallest absolute Gasteiger partial charge is 0.277 e. The highest BCUT2D eigenvalue weighted by molar-refractivity contribution is 14.1. The number of benzene rings is 1. The van der Waals surface area contributed by atoms with Gasteiger partial charge in [-0.25, -0.2) is 22.2 Å². The van der Waals surface area contributed by atoms with Gasteiger partial charge in [-0.15, -0.1) is 20.4 Å². The van der Waals surface area contributed by atoms with E-state index in [9.17, 15) is 4.79 Å². The first-order valence-electron chi connectivity index (χ1n) is 29.2. The first-order valence-corrected chi connectivity index (χ1v) is 30.3. The highest BCUT2D eigenvalue weighted by Gasteiger charge is 2.58. The number of aromatic nitrogens is 12. The molecule has 0 fully saturated rings. The zero-order chi connectivity index (χ0) is 60.4. The van der Waals surface area contributed by atoms with Crippen LogP contribution < -0.4 is 26.6 Å². The summed E-state index contributed by atoms with van der Waals surface area (Å²) in [5, 5.41) is 44.6. The van der Waals surface area contributed by atoms with E-state index in [1.54, 1.807) is 12.1 Å². The molecule has 4 aliphatic carbocycles. The molecular formula is C55H74F4IN17O8. The van der Waals surface area contributed by atoms with Crippen molar-refractivity contribution in [1.82, 2.24) is 86.6 Å². The Kier molecular flexibility index (Phi) is 20.3. The number of rotatable bonds is 21. The van der Waals surface area contributed by atoms with E-state index in [-0.39, 0.29) is 126 Å². The molecule has 25 nitrogen and oxygen atoms in total. The summed E-state index contributed by atoms with van der Waals surface area (Å²) in [6.07, 6.45) is 3.43. The van der Waals surface area contributed by atoms with Crippen molar-refractivity contribution in [2.24, 2.45) is 21.1 Å². The molecule has 5 N–H and O–H groups in total. The molecule has 30 heteroatoms. The Morgan fingerprint density at radius 1 is 0.482 bits per heavy atom. The minimum absolute atomic E-state index is 0.0536. The standard InChI is InChI=1S/C55H74F4IN17O8/c1-74-38-16-8-4-12-24-51(56,42(38)66-70-74)47(79)62-55(63-48(80)52(57)25-13-5-9-17-39-43(52)67-71-75(39)2,64-49(81)53(58)26-14-6-10-18-40-44(53)68-72-76(40)3)65-50(82)54(59)27-15-7-11-19-41-45(54)69-73-77(41)29-31-84-33-35-85-34-32-83-30-28-61-46(78)36-20-22-37(60)23-21-36/h20-23H,4-19,24-35H2,1-3H3,(H,61,78)(H,62,79)(H,63,80)(H,64,81)(H,65,82)/i60-2. The van der Waals surface area contributed by atoms with Crippen molar-refractivity contribution in [3.8, 4) is 0 Å². The van der Waals surface area contributed by atoms with E-state index in [0.717, 1.165) is 3.57 Å². The second kappa shape index (κ2) is 27.4. The van der Waals surface area contributed by atoms with Crippen LogP contribution in [0.15, 0.2) is 24.3 Å². The van der Waals surface area contributed by atoms with Gasteiger partial charge in [0.25, 0.3) is 35.4 Å². The van der Waals surface area contributed by atoms with E-state index >= 15 is 36.7 Å². The molecule has 0 aliphatic heterocycles. The van der Waals surface area contributed by atoms with Crippen molar-refractivity contribution in [3.05, 3.63) is 79.0 Å². The number of fused-ring (bicyclic) bond motifs is 4. The molecule has 4 aromatic heterocycles. The van der Waals surface area contributed by atoms with Crippen molar-refractivity contribution in [2.45, 2.75) is 164 Å². The van der Waals surface area contributed by atoms with Crippen LogP contribution in [0, 0.1) is 3.57 Å². The van der Waals surface area contributed by atoms with Crippen LogP contribution in [0.5, 0.6) is 0 Å². The van der Waals surface area contributed by atoms with E-state index in [0.29, 0.717) is 63.5 Å². The number of hydrogen-bond acceptors (Lipinski definition) is 16. The number of nitrogens with one attached hydrogen (secondary N) is 5.